The smallest absolute Gasteiger partial charge is 0.319 e. The van der Waals surface area contributed by atoms with E-state index in [0.29, 0.717) is 0 Å². The summed E-state index contributed by atoms with van der Waals surface area (Å²) in [5.74, 6) is 0. The van der Waals surface area contributed by atoms with Crippen molar-refractivity contribution >= 4 is 17.4 Å². The van der Waals surface area contributed by atoms with E-state index in [4.69, 9.17) is 0 Å². The summed E-state index contributed by atoms with van der Waals surface area (Å²) in [6, 6.07) is 18.2. The fraction of sp³-hybridized carbons (Fsp3) is 0.316. The molecule has 0 radical (unpaired) electrons. The predicted octanol–water partition coefficient (Wildman–Crippen LogP) is 4.26. The van der Waals surface area contributed by atoms with Crippen molar-refractivity contribution in [3.63, 3.8) is 0 Å². The second-order valence-corrected chi connectivity index (χ2v) is 5.85. The normalized spacial score (nSPS) is 10.4. The second-order valence-electron chi connectivity index (χ2n) is 5.85. The van der Waals surface area contributed by atoms with Crippen LogP contribution in [-0.4, -0.2) is 18.6 Å². The zero-order chi connectivity index (χ0) is 16.5. The molecule has 0 aromatic heterocycles. The first-order valence-electron chi connectivity index (χ1n) is 8.09. The summed E-state index contributed by atoms with van der Waals surface area (Å²) in [5.41, 5.74) is 3.22. The molecule has 2 aromatic rings. The lowest BCUT2D eigenvalue weighted by Gasteiger charge is -2.11. The number of urea groups is 1. The lowest BCUT2D eigenvalue weighted by atomic mass is 10.1. The van der Waals surface area contributed by atoms with Crippen LogP contribution in [0.5, 0.6) is 0 Å². The van der Waals surface area contributed by atoms with Gasteiger partial charge < -0.3 is 16.0 Å². The third kappa shape index (κ3) is 6.43. The molecule has 122 valence electrons. The fourth-order valence-corrected chi connectivity index (χ4v) is 2.27. The molecule has 0 aliphatic carbocycles. The highest BCUT2D eigenvalue weighted by Gasteiger charge is 2.03. The van der Waals surface area contributed by atoms with E-state index in [1.54, 1.807) is 0 Å². The summed E-state index contributed by atoms with van der Waals surface area (Å²) < 4.78 is 0. The zero-order valence-corrected chi connectivity index (χ0v) is 13.8. The average molecular weight is 311 g/mol. The molecular formula is C19H25N3O. The quantitative estimate of drug-likeness (QED) is 0.669. The molecule has 0 heterocycles. The van der Waals surface area contributed by atoms with E-state index in [2.05, 4.69) is 40.2 Å². The number of anilines is 2. The Balaban J connectivity index is 1.71. The average Bonchev–Trinajstić information content (AvgIpc) is 2.53. The minimum absolute atomic E-state index is 0.126. The van der Waals surface area contributed by atoms with E-state index in [0.717, 1.165) is 30.8 Å². The molecule has 3 N–H and O–H groups in total. The fourth-order valence-electron chi connectivity index (χ4n) is 2.27. The molecule has 0 spiro atoms. The van der Waals surface area contributed by atoms with Gasteiger partial charge in [0.2, 0.25) is 0 Å². The van der Waals surface area contributed by atoms with Crippen LogP contribution < -0.4 is 16.0 Å². The Bertz CT molecular complexity index is 594. The first-order chi connectivity index (χ1) is 11.1. The Morgan fingerprint density at radius 3 is 2.26 bits per heavy atom. The van der Waals surface area contributed by atoms with E-state index in [1.165, 1.54) is 5.56 Å². The van der Waals surface area contributed by atoms with Crippen molar-refractivity contribution < 1.29 is 4.79 Å². The van der Waals surface area contributed by atoms with Crippen LogP contribution in [0.25, 0.3) is 0 Å². The summed E-state index contributed by atoms with van der Waals surface area (Å²) in [7, 11) is 0. The number of carbonyl (C=O) groups is 1. The Morgan fingerprint density at radius 1 is 0.957 bits per heavy atom. The molecule has 0 aliphatic rings. The van der Waals surface area contributed by atoms with Crippen LogP contribution in [0, 0.1) is 0 Å². The molecule has 2 amide bonds. The topological polar surface area (TPSA) is 53.2 Å². The highest BCUT2D eigenvalue weighted by molar-refractivity contribution is 5.89. The van der Waals surface area contributed by atoms with Crippen molar-refractivity contribution in [1.82, 2.24) is 5.32 Å². The standard InChI is InChI=1S/C19H25N3O/c1-15(2)21-19(23)22-18-12-10-17(11-13-18)20-14-6-9-16-7-4-3-5-8-16/h3-5,7-8,10-13,15,20H,6,9,14H2,1-2H3,(H2,21,22,23). The summed E-state index contributed by atoms with van der Waals surface area (Å²) in [4.78, 5) is 11.6. The van der Waals surface area contributed by atoms with Crippen molar-refractivity contribution in [2.75, 3.05) is 17.2 Å². The van der Waals surface area contributed by atoms with Gasteiger partial charge in [0.15, 0.2) is 0 Å². The number of amides is 2. The monoisotopic (exact) mass is 311 g/mol. The largest absolute Gasteiger partial charge is 0.385 e. The first kappa shape index (κ1) is 16.9. The van der Waals surface area contributed by atoms with Gasteiger partial charge in [-0.05, 0) is 56.5 Å². The zero-order valence-electron chi connectivity index (χ0n) is 13.8. The van der Waals surface area contributed by atoms with Crippen LogP contribution >= 0.6 is 0 Å². The van der Waals surface area contributed by atoms with E-state index in [9.17, 15) is 4.79 Å². The van der Waals surface area contributed by atoms with Gasteiger partial charge in [0.05, 0.1) is 0 Å². The molecule has 23 heavy (non-hydrogen) atoms. The lowest BCUT2D eigenvalue weighted by molar-refractivity contribution is 0.250. The van der Waals surface area contributed by atoms with Gasteiger partial charge in [0.1, 0.15) is 0 Å². The molecule has 0 fully saturated rings. The maximum atomic E-state index is 11.6. The molecule has 2 aromatic carbocycles. The van der Waals surface area contributed by atoms with Crippen LogP contribution in [-0.2, 0) is 6.42 Å². The molecule has 4 heteroatoms. The molecule has 2 rings (SSSR count). The Hall–Kier alpha value is -2.49. The van der Waals surface area contributed by atoms with E-state index >= 15 is 0 Å². The van der Waals surface area contributed by atoms with Crippen molar-refractivity contribution in [2.45, 2.75) is 32.7 Å². The summed E-state index contributed by atoms with van der Waals surface area (Å²) in [6.07, 6.45) is 2.16. The van der Waals surface area contributed by atoms with Gasteiger partial charge in [-0.1, -0.05) is 30.3 Å². The molecule has 4 nitrogen and oxygen atoms in total. The molecule has 0 aliphatic heterocycles. The molecule has 0 bridgehead atoms. The van der Waals surface area contributed by atoms with Gasteiger partial charge in [-0.15, -0.1) is 0 Å². The van der Waals surface area contributed by atoms with Crippen molar-refractivity contribution in [3.05, 3.63) is 60.2 Å². The number of nitrogens with one attached hydrogen (secondary N) is 3. The maximum absolute atomic E-state index is 11.6. The number of carbonyl (C=O) groups excluding carboxylic acids is 1. The SMILES string of the molecule is CC(C)NC(=O)Nc1ccc(NCCCc2ccccc2)cc1. The van der Waals surface area contributed by atoms with E-state index < -0.39 is 0 Å². The third-order valence-electron chi connectivity index (χ3n) is 3.38. The first-order valence-corrected chi connectivity index (χ1v) is 8.09. The molecule has 0 unspecified atom stereocenters. The number of hydrogen-bond donors (Lipinski definition) is 3. The minimum atomic E-state index is -0.177. The third-order valence-corrected chi connectivity index (χ3v) is 3.38. The van der Waals surface area contributed by atoms with Crippen LogP contribution in [0.4, 0.5) is 16.2 Å². The number of hydrogen-bond acceptors (Lipinski definition) is 2. The van der Waals surface area contributed by atoms with Gasteiger partial charge in [-0.3, -0.25) is 0 Å². The van der Waals surface area contributed by atoms with Gasteiger partial charge in [0.25, 0.3) is 0 Å². The molecule has 0 atom stereocenters. The Morgan fingerprint density at radius 2 is 1.61 bits per heavy atom. The van der Waals surface area contributed by atoms with Gasteiger partial charge >= 0.3 is 6.03 Å². The number of benzene rings is 2. The number of rotatable bonds is 7. The van der Waals surface area contributed by atoms with Crippen molar-refractivity contribution in [1.29, 1.82) is 0 Å². The molecule has 0 saturated heterocycles. The summed E-state index contributed by atoms with van der Waals surface area (Å²) in [6.45, 7) is 4.79. The Kier molecular flexibility index (Phi) is 6.48. The minimum Gasteiger partial charge on any atom is -0.385 e. The Labute approximate surface area is 138 Å². The van der Waals surface area contributed by atoms with Crippen LogP contribution in [0.2, 0.25) is 0 Å². The van der Waals surface area contributed by atoms with Crippen LogP contribution in [0.1, 0.15) is 25.8 Å². The van der Waals surface area contributed by atoms with E-state index in [-0.39, 0.29) is 12.1 Å². The molecular weight excluding hydrogens is 286 g/mol. The number of aryl methyl sites for hydroxylation is 1. The van der Waals surface area contributed by atoms with Gasteiger partial charge in [0, 0.05) is 24.0 Å². The highest BCUT2D eigenvalue weighted by Crippen LogP contribution is 2.13. The van der Waals surface area contributed by atoms with Crippen molar-refractivity contribution in [3.8, 4) is 0 Å². The lowest BCUT2D eigenvalue weighted by Crippen LogP contribution is -2.34. The molecule has 0 saturated carbocycles. The predicted molar refractivity (Wildman–Crippen MR) is 97.0 cm³/mol. The van der Waals surface area contributed by atoms with E-state index in [1.807, 2.05) is 44.2 Å². The van der Waals surface area contributed by atoms with Crippen LogP contribution in [0.15, 0.2) is 54.6 Å². The summed E-state index contributed by atoms with van der Waals surface area (Å²) >= 11 is 0. The van der Waals surface area contributed by atoms with Gasteiger partial charge in [-0.25, -0.2) is 4.79 Å². The van der Waals surface area contributed by atoms with Crippen LogP contribution in [0.3, 0.4) is 0 Å². The van der Waals surface area contributed by atoms with Gasteiger partial charge in [-0.2, -0.15) is 0 Å². The maximum Gasteiger partial charge on any atom is 0.319 e. The van der Waals surface area contributed by atoms with Crippen molar-refractivity contribution in [2.24, 2.45) is 0 Å². The summed E-state index contributed by atoms with van der Waals surface area (Å²) in [5, 5.41) is 9.01. The highest BCUT2D eigenvalue weighted by atomic mass is 16.2. The second kappa shape index (κ2) is 8.83.